The van der Waals surface area contributed by atoms with E-state index >= 15 is 0 Å². The summed E-state index contributed by atoms with van der Waals surface area (Å²) in [7, 11) is 0. The predicted octanol–water partition coefficient (Wildman–Crippen LogP) is 27.3. The van der Waals surface area contributed by atoms with Crippen LogP contribution in [0.3, 0.4) is 0 Å². The van der Waals surface area contributed by atoms with Gasteiger partial charge in [0.1, 0.15) is 0 Å². The highest BCUT2D eigenvalue weighted by molar-refractivity contribution is 7.00. The molecule has 0 radical (unpaired) electrons. The van der Waals surface area contributed by atoms with E-state index < -0.39 is 6.71 Å². The van der Waals surface area contributed by atoms with E-state index in [1.807, 2.05) is 0 Å². The molecule has 552 valence electrons. The van der Waals surface area contributed by atoms with Crippen LogP contribution in [-0.2, 0) is 49.7 Å². The molecule has 11 aromatic carbocycles. The smallest absolute Gasteiger partial charge is 0.252 e. The molecule has 4 nitrogen and oxygen atoms in total. The molecule has 0 saturated heterocycles. The van der Waals surface area contributed by atoms with Gasteiger partial charge in [0.25, 0.3) is 6.71 Å². The average Bonchev–Trinajstić information content (AvgIpc) is 0.943. The summed E-state index contributed by atoms with van der Waals surface area (Å²) in [5, 5.41) is 2.46. The first-order chi connectivity index (χ1) is 53.5. The SMILES string of the molecule is [2H]c1c([2H])c([2H])c2c(c1[2H])c1cc(C(C)(C)C)ccc1n2-c1ccc2c(c1)N(c1ccc(C(C)(C)C)cc1-c1cc(C(C)(C)C)cc(C(C)(C)C)c1)c1cc(CC(C)(C)C)cc3c1B2c1ccc(-n2c4ccc(C(C)(C)C)cc4c4c([2H])c([2H])c([2H])c([2H])c42)cc1N3c1ccc(C(C)(C)C)cc1-c1cc(C(C)(C)C)cc(C(C)(C)C)c1. The van der Waals surface area contributed by atoms with E-state index in [1.54, 1.807) is 0 Å². The molecule has 15 rings (SSSR count). The fraction of sp³-hybridized carbons (Fsp3) is 0.359. The molecular formula is C103H117BN4. The first-order valence-corrected chi connectivity index (χ1v) is 39.3. The summed E-state index contributed by atoms with van der Waals surface area (Å²) in [5.41, 5.74) is 25.6. The van der Waals surface area contributed by atoms with Gasteiger partial charge in [-0.1, -0.05) is 296 Å². The normalized spacial score (nSPS) is 15.1. The molecule has 13 aromatic rings. The second kappa shape index (κ2) is 25.1. The first kappa shape index (κ1) is 64.7. The number of aromatic nitrogens is 2. The number of nitrogens with zero attached hydrogens (tertiary/aromatic N) is 4. The summed E-state index contributed by atoms with van der Waals surface area (Å²) in [6, 6.07) is 58.6. The Kier molecular flexibility index (Phi) is 15.0. The number of hydrogen-bond acceptors (Lipinski definition) is 2. The van der Waals surface area contributed by atoms with Crippen LogP contribution in [0.4, 0.5) is 34.1 Å². The maximum Gasteiger partial charge on any atom is 0.252 e. The van der Waals surface area contributed by atoms with Gasteiger partial charge in [-0.25, -0.2) is 0 Å². The summed E-state index contributed by atoms with van der Waals surface area (Å²) >= 11 is 0. The van der Waals surface area contributed by atoms with Crippen molar-refractivity contribution in [2.24, 2.45) is 5.41 Å². The highest BCUT2D eigenvalue weighted by Crippen LogP contribution is 2.53. The van der Waals surface area contributed by atoms with E-state index in [1.165, 1.54) is 33.4 Å². The summed E-state index contributed by atoms with van der Waals surface area (Å²) in [6.07, 6.45) is 0.705. The van der Waals surface area contributed by atoms with E-state index in [2.05, 4.69) is 364 Å². The van der Waals surface area contributed by atoms with Gasteiger partial charge in [0.15, 0.2) is 0 Å². The van der Waals surface area contributed by atoms with Crippen molar-refractivity contribution in [2.45, 2.75) is 237 Å². The van der Waals surface area contributed by atoms with Gasteiger partial charge in [-0.2, -0.15) is 0 Å². The van der Waals surface area contributed by atoms with Crippen LogP contribution in [0.2, 0.25) is 0 Å². The molecule has 2 aliphatic heterocycles. The molecule has 0 amide bonds. The van der Waals surface area contributed by atoms with Crippen molar-refractivity contribution in [3.05, 3.63) is 256 Å². The van der Waals surface area contributed by atoms with Gasteiger partial charge in [-0.3, -0.25) is 0 Å². The van der Waals surface area contributed by atoms with Crippen molar-refractivity contribution in [2.75, 3.05) is 9.80 Å². The second-order valence-electron chi connectivity index (χ2n) is 41.0. The third kappa shape index (κ3) is 13.1. The molecule has 0 aliphatic carbocycles. The Labute approximate surface area is 659 Å². The van der Waals surface area contributed by atoms with E-state index in [0.717, 1.165) is 123 Å². The number of anilines is 6. The summed E-state index contributed by atoms with van der Waals surface area (Å²) in [4.78, 5) is 5.12. The molecule has 0 saturated carbocycles. The van der Waals surface area contributed by atoms with Crippen molar-refractivity contribution in [3.63, 3.8) is 0 Å². The molecule has 0 bridgehead atoms. The van der Waals surface area contributed by atoms with Gasteiger partial charge in [0, 0.05) is 66.8 Å². The summed E-state index contributed by atoms with van der Waals surface area (Å²) < 4.78 is 81.1. The largest absolute Gasteiger partial charge is 0.311 e. The quantitative estimate of drug-likeness (QED) is 0.148. The van der Waals surface area contributed by atoms with Crippen molar-refractivity contribution >= 4 is 101 Å². The minimum Gasteiger partial charge on any atom is -0.311 e. The lowest BCUT2D eigenvalue weighted by Crippen LogP contribution is -2.61. The van der Waals surface area contributed by atoms with Gasteiger partial charge in [0.05, 0.1) is 44.4 Å². The molecule has 0 fully saturated rings. The fourth-order valence-electron chi connectivity index (χ4n) is 16.6. The summed E-state index contributed by atoms with van der Waals surface area (Å²) in [5.74, 6) is 0. The lowest BCUT2D eigenvalue weighted by molar-refractivity contribution is 0.411. The van der Waals surface area contributed by atoms with Crippen molar-refractivity contribution in [1.29, 1.82) is 0 Å². The molecule has 2 aromatic heterocycles. The molecule has 0 N–H and O–H groups in total. The number of para-hydroxylation sites is 2. The van der Waals surface area contributed by atoms with Crippen LogP contribution in [0.25, 0.3) is 77.2 Å². The van der Waals surface area contributed by atoms with Crippen LogP contribution in [-0.4, -0.2) is 15.8 Å². The van der Waals surface area contributed by atoms with Crippen LogP contribution in [0.1, 0.15) is 248 Å². The molecule has 5 heteroatoms. The highest BCUT2D eigenvalue weighted by atomic mass is 15.2. The highest BCUT2D eigenvalue weighted by Gasteiger charge is 2.46. The molecule has 0 atom stereocenters. The number of benzene rings is 11. The molecule has 2 aliphatic rings. The minimum atomic E-state index is -0.457. The molecular weight excluding hydrogens is 1300 g/mol. The summed E-state index contributed by atoms with van der Waals surface area (Å²) in [6.45, 7) is 61.1. The van der Waals surface area contributed by atoms with Gasteiger partial charge in [-0.05, 0) is 230 Å². The maximum absolute atomic E-state index is 10.0. The van der Waals surface area contributed by atoms with Crippen LogP contribution in [0.15, 0.2) is 206 Å². The van der Waals surface area contributed by atoms with E-state index in [-0.39, 0.29) is 97.1 Å². The topological polar surface area (TPSA) is 16.3 Å². The lowest BCUT2D eigenvalue weighted by Gasteiger charge is -2.45. The first-order valence-electron chi connectivity index (χ1n) is 43.3. The standard InChI is InChI=1S/C103H117BN4/c1-95(2,3)62-63-48-92-94-93(49-63)108(87-45-37-67(97(7,8)9)57-79(87)65-52-72(102(22,23)24)55-73(53-65)103(25,26)27)91-61-75(106-85-35-31-29-33-77(85)81-59-69(99(13,14)15)39-47-89(81)106)41-43-83(91)104(94)82-42-40-74(105-84-34-30-28-32-76(84)80-58-68(98(10,11)12)38-46-88(80)105)60-90(82)107(92)86-44-36-66(96(4,5)6)56-78(86)64-50-70(100(16,17)18)54-71(51-64)101(19,20)21/h28-61H,62H2,1-27H3/i28D,29D,30D,31D,32D,33D,34D,35D. The van der Waals surface area contributed by atoms with Crippen molar-refractivity contribution in [1.82, 2.24) is 9.13 Å². The zero-order chi connectivity index (χ0) is 84.6. The van der Waals surface area contributed by atoms with Crippen LogP contribution in [0, 0.1) is 5.41 Å². The Morgan fingerprint density at radius 2 is 0.602 bits per heavy atom. The Balaban J connectivity index is 1.16. The zero-order valence-electron chi connectivity index (χ0n) is 77.6. The Morgan fingerprint density at radius 1 is 0.278 bits per heavy atom. The van der Waals surface area contributed by atoms with Crippen LogP contribution >= 0.6 is 0 Å². The third-order valence-corrected chi connectivity index (χ3v) is 23.0. The van der Waals surface area contributed by atoms with E-state index in [0.29, 0.717) is 28.2 Å². The van der Waals surface area contributed by atoms with Crippen molar-refractivity contribution in [3.8, 4) is 33.6 Å². The van der Waals surface area contributed by atoms with E-state index in [9.17, 15) is 11.0 Å². The minimum absolute atomic E-state index is 0.0784. The average molecular weight is 1430 g/mol. The molecule has 4 heterocycles. The molecule has 0 unspecified atom stereocenters. The van der Waals surface area contributed by atoms with Gasteiger partial charge < -0.3 is 18.9 Å². The van der Waals surface area contributed by atoms with Gasteiger partial charge in [-0.15, -0.1) is 0 Å². The molecule has 0 spiro atoms. The predicted molar refractivity (Wildman–Crippen MR) is 473 cm³/mol. The zero-order valence-corrected chi connectivity index (χ0v) is 69.6. The second-order valence-corrected chi connectivity index (χ2v) is 41.0. The number of rotatable bonds is 7. The van der Waals surface area contributed by atoms with Gasteiger partial charge >= 0.3 is 0 Å². The van der Waals surface area contributed by atoms with E-state index in [4.69, 9.17) is 0 Å². The number of hydrogen-bond donors (Lipinski definition) is 0. The Bertz CT molecular complexity index is 5870. The van der Waals surface area contributed by atoms with Gasteiger partial charge in [0.2, 0.25) is 0 Å². The fourth-order valence-corrected chi connectivity index (χ4v) is 16.6. The van der Waals surface area contributed by atoms with Crippen molar-refractivity contribution < 1.29 is 11.0 Å². The lowest BCUT2D eigenvalue weighted by atomic mass is 9.33. The Morgan fingerprint density at radius 3 is 0.935 bits per heavy atom. The monoisotopic (exact) mass is 1430 g/mol. The number of fused-ring (bicyclic) bond motifs is 10. The van der Waals surface area contributed by atoms with Crippen LogP contribution < -0.4 is 26.2 Å². The molecule has 108 heavy (non-hydrogen) atoms. The van der Waals surface area contributed by atoms with Crippen LogP contribution in [0.5, 0.6) is 0 Å². The maximum atomic E-state index is 10.0. The third-order valence-electron chi connectivity index (χ3n) is 23.0. The Hall–Kier alpha value is -9.32.